The Morgan fingerprint density at radius 3 is 2.65 bits per heavy atom. The summed E-state index contributed by atoms with van der Waals surface area (Å²) in [5.41, 5.74) is 7.59. The van der Waals surface area contributed by atoms with Crippen molar-refractivity contribution in [3.8, 4) is 0 Å². The minimum atomic E-state index is -0.775. The van der Waals surface area contributed by atoms with Crippen molar-refractivity contribution in [2.45, 2.75) is 25.8 Å². The molecule has 0 aliphatic carbocycles. The van der Waals surface area contributed by atoms with E-state index in [0.717, 1.165) is 22.3 Å². The van der Waals surface area contributed by atoms with Crippen LogP contribution in [0.3, 0.4) is 0 Å². The number of hydrogen-bond donors (Lipinski definition) is 2. The average Bonchev–Trinajstić information content (AvgIpc) is 2.84. The van der Waals surface area contributed by atoms with Crippen molar-refractivity contribution in [2.24, 2.45) is 5.73 Å². The summed E-state index contributed by atoms with van der Waals surface area (Å²) < 4.78 is 1.64. The lowest BCUT2D eigenvalue weighted by molar-refractivity contribution is -0.122. The highest BCUT2D eigenvalue weighted by atomic mass is 16.1. The van der Waals surface area contributed by atoms with Crippen LogP contribution in [0.15, 0.2) is 47.4 Å². The number of primary amides is 1. The zero-order valence-electron chi connectivity index (χ0n) is 13.0. The van der Waals surface area contributed by atoms with Crippen LogP contribution in [0.4, 0.5) is 0 Å². The number of fused-ring (bicyclic) bond motifs is 1. The quantitative estimate of drug-likeness (QED) is 0.765. The Hall–Kier alpha value is -2.89. The molecule has 2 heterocycles. The normalized spacial score (nSPS) is 11.7. The molecule has 0 bridgehead atoms. The number of imidazole rings is 1. The predicted octanol–water partition coefficient (Wildman–Crippen LogP) is 1.54. The molecule has 23 heavy (non-hydrogen) atoms. The summed E-state index contributed by atoms with van der Waals surface area (Å²) >= 11 is 0. The molecule has 118 valence electrons. The number of pyridine rings is 1. The van der Waals surface area contributed by atoms with Crippen LogP contribution in [0.2, 0.25) is 0 Å². The first kappa shape index (κ1) is 15.0. The number of benzene rings is 1. The number of para-hydroxylation sites is 2. The van der Waals surface area contributed by atoms with E-state index in [0.29, 0.717) is 6.54 Å². The smallest absolute Gasteiger partial charge is 0.326 e. The van der Waals surface area contributed by atoms with Gasteiger partial charge < -0.3 is 10.7 Å². The maximum Gasteiger partial charge on any atom is 0.326 e. The predicted molar refractivity (Wildman–Crippen MR) is 88.1 cm³/mol. The van der Waals surface area contributed by atoms with Gasteiger partial charge in [-0.05, 0) is 37.6 Å². The third kappa shape index (κ3) is 2.63. The van der Waals surface area contributed by atoms with Crippen molar-refractivity contribution in [1.82, 2.24) is 14.5 Å². The standard InChI is InChI=1S/C17H18N4O2/c1-17(2,15(18)22)11-7-8-12(19-9-11)10-21-14-6-4-3-5-13(14)20-16(21)23/h3-9H,10H2,1-2H3,(H2,18,22)(H,20,23). The number of aromatic amines is 1. The Bertz CT molecular complexity index is 920. The summed E-state index contributed by atoms with van der Waals surface area (Å²) in [4.78, 5) is 30.8. The van der Waals surface area contributed by atoms with E-state index in [1.165, 1.54) is 0 Å². The molecular formula is C17H18N4O2. The van der Waals surface area contributed by atoms with Gasteiger partial charge in [-0.2, -0.15) is 0 Å². The molecule has 0 unspecified atom stereocenters. The summed E-state index contributed by atoms with van der Waals surface area (Å²) in [6, 6.07) is 11.2. The number of nitrogens with zero attached hydrogens (tertiary/aromatic N) is 2. The van der Waals surface area contributed by atoms with Crippen molar-refractivity contribution < 1.29 is 4.79 Å². The largest absolute Gasteiger partial charge is 0.369 e. The van der Waals surface area contributed by atoms with Gasteiger partial charge in [-0.15, -0.1) is 0 Å². The molecule has 6 nitrogen and oxygen atoms in total. The van der Waals surface area contributed by atoms with Crippen LogP contribution in [0.25, 0.3) is 11.0 Å². The summed E-state index contributed by atoms with van der Waals surface area (Å²) in [6.45, 7) is 3.88. The van der Waals surface area contributed by atoms with Crippen LogP contribution in [0.5, 0.6) is 0 Å². The van der Waals surface area contributed by atoms with Crippen molar-refractivity contribution in [3.63, 3.8) is 0 Å². The van der Waals surface area contributed by atoms with Gasteiger partial charge in [-0.1, -0.05) is 18.2 Å². The molecule has 0 fully saturated rings. The van der Waals surface area contributed by atoms with Crippen LogP contribution >= 0.6 is 0 Å². The first-order valence-electron chi connectivity index (χ1n) is 7.32. The van der Waals surface area contributed by atoms with E-state index in [1.54, 1.807) is 24.6 Å². The number of amides is 1. The Morgan fingerprint density at radius 2 is 2.00 bits per heavy atom. The molecule has 3 aromatic rings. The van der Waals surface area contributed by atoms with E-state index in [1.807, 2.05) is 36.4 Å². The second kappa shape index (κ2) is 5.39. The average molecular weight is 310 g/mol. The van der Waals surface area contributed by atoms with E-state index >= 15 is 0 Å². The van der Waals surface area contributed by atoms with Gasteiger partial charge in [0.1, 0.15) is 0 Å². The number of hydrogen-bond acceptors (Lipinski definition) is 3. The molecule has 1 amide bonds. The monoisotopic (exact) mass is 310 g/mol. The SMILES string of the molecule is CC(C)(C(N)=O)c1ccc(Cn2c(=O)[nH]c3ccccc32)nc1. The molecule has 1 aromatic carbocycles. The highest BCUT2D eigenvalue weighted by molar-refractivity contribution is 5.85. The number of nitrogens with two attached hydrogens (primary N) is 1. The molecule has 3 N–H and O–H groups in total. The van der Waals surface area contributed by atoms with Gasteiger partial charge in [0, 0.05) is 6.20 Å². The summed E-state index contributed by atoms with van der Waals surface area (Å²) in [7, 11) is 0. The maximum atomic E-state index is 12.1. The highest BCUT2D eigenvalue weighted by Gasteiger charge is 2.27. The number of carbonyl (C=O) groups excluding carboxylic acids is 1. The first-order valence-corrected chi connectivity index (χ1v) is 7.32. The number of carbonyl (C=O) groups is 1. The highest BCUT2D eigenvalue weighted by Crippen LogP contribution is 2.22. The second-order valence-corrected chi connectivity index (χ2v) is 6.06. The molecule has 0 atom stereocenters. The van der Waals surface area contributed by atoms with Gasteiger partial charge in [0.05, 0.1) is 28.7 Å². The Labute approximate surface area is 133 Å². The molecule has 3 rings (SSSR count). The zero-order valence-corrected chi connectivity index (χ0v) is 13.0. The molecule has 2 aromatic heterocycles. The second-order valence-electron chi connectivity index (χ2n) is 6.06. The van der Waals surface area contributed by atoms with E-state index in [2.05, 4.69) is 9.97 Å². The van der Waals surface area contributed by atoms with Crippen LogP contribution in [-0.2, 0) is 16.8 Å². The molecule has 0 radical (unpaired) electrons. The Kier molecular flexibility index (Phi) is 3.52. The number of aromatic nitrogens is 3. The molecule has 0 aliphatic heterocycles. The van der Waals surface area contributed by atoms with E-state index in [-0.39, 0.29) is 5.69 Å². The van der Waals surface area contributed by atoms with Gasteiger partial charge in [0.15, 0.2) is 0 Å². The van der Waals surface area contributed by atoms with Crippen LogP contribution in [0, 0.1) is 0 Å². The van der Waals surface area contributed by atoms with E-state index in [4.69, 9.17) is 5.73 Å². The molecule has 0 saturated heterocycles. The van der Waals surface area contributed by atoms with E-state index in [9.17, 15) is 9.59 Å². The lowest BCUT2D eigenvalue weighted by Gasteiger charge is -2.20. The van der Waals surface area contributed by atoms with Crippen LogP contribution in [-0.4, -0.2) is 20.4 Å². The van der Waals surface area contributed by atoms with Crippen LogP contribution in [0.1, 0.15) is 25.1 Å². The minimum Gasteiger partial charge on any atom is -0.369 e. The third-order valence-electron chi connectivity index (χ3n) is 4.16. The summed E-state index contributed by atoms with van der Waals surface area (Å²) in [5.74, 6) is -0.403. The van der Waals surface area contributed by atoms with Crippen LogP contribution < -0.4 is 11.4 Å². The lowest BCUT2D eigenvalue weighted by Crippen LogP contribution is -2.35. The minimum absolute atomic E-state index is 0.172. The Morgan fingerprint density at radius 1 is 1.26 bits per heavy atom. The fourth-order valence-corrected chi connectivity index (χ4v) is 2.46. The fraction of sp³-hybridized carbons (Fsp3) is 0.235. The van der Waals surface area contributed by atoms with E-state index < -0.39 is 11.3 Å². The van der Waals surface area contributed by atoms with Crippen molar-refractivity contribution >= 4 is 16.9 Å². The number of nitrogens with one attached hydrogen (secondary N) is 1. The molecule has 0 saturated carbocycles. The summed E-state index contributed by atoms with van der Waals surface area (Å²) in [6.07, 6.45) is 1.64. The molecule has 0 spiro atoms. The van der Waals surface area contributed by atoms with Gasteiger partial charge in [-0.3, -0.25) is 14.3 Å². The topological polar surface area (TPSA) is 93.8 Å². The summed E-state index contributed by atoms with van der Waals surface area (Å²) in [5, 5.41) is 0. The maximum absolute atomic E-state index is 12.1. The number of rotatable bonds is 4. The van der Waals surface area contributed by atoms with Gasteiger partial charge >= 0.3 is 5.69 Å². The van der Waals surface area contributed by atoms with Gasteiger partial charge in [0.2, 0.25) is 5.91 Å². The third-order valence-corrected chi connectivity index (χ3v) is 4.16. The molecule has 6 heteroatoms. The van der Waals surface area contributed by atoms with Crippen molar-refractivity contribution in [3.05, 3.63) is 64.3 Å². The van der Waals surface area contributed by atoms with Gasteiger partial charge in [0.25, 0.3) is 0 Å². The number of H-pyrrole nitrogens is 1. The first-order chi connectivity index (χ1) is 10.9. The molecular weight excluding hydrogens is 292 g/mol. The zero-order chi connectivity index (χ0) is 16.6. The van der Waals surface area contributed by atoms with Crippen molar-refractivity contribution in [2.75, 3.05) is 0 Å². The lowest BCUT2D eigenvalue weighted by atomic mass is 9.85. The fourth-order valence-electron chi connectivity index (χ4n) is 2.46. The molecule has 0 aliphatic rings. The van der Waals surface area contributed by atoms with Crippen molar-refractivity contribution in [1.29, 1.82) is 0 Å². The Balaban J connectivity index is 1.93. The van der Waals surface area contributed by atoms with Gasteiger partial charge in [-0.25, -0.2) is 4.79 Å².